The molecule has 0 saturated heterocycles. The van der Waals surface area contributed by atoms with Gasteiger partial charge in [0.2, 0.25) is 5.52 Å². The van der Waals surface area contributed by atoms with Gasteiger partial charge >= 0.3 is 17.6 Å². The van der Waals surface area contributed by atoms with Gasteiger partial charge in [-0.1, -0.05) is 6.07 Å². The molecule has 2 aromatic heterocycles. The maximum atomic E-state index is 12.7. The molecule has 1 aromatic carbocycles. The van der Waals surface area contributed by atoms with Gasteiger partial charge in [0.15, 0.2) is 5.69 Å². The second-order valence-corrected chi connectivity index (χ2v) is 5.34. The number of carbonyl (C=O) groups excluding carboxylic acids is 2. The Morgan fingerprint density at radius 3 is 2.63 bits per heavy atom. The summed E-state index contributed by atoms with van der Waals surface area (Å²) in [5.41, 5.74) is 0.125. The molecule has 0 unspecified atom stereocenters. The summed E-state index contributed by atoms with van der Waals surface area (Å²) in [6, 6.07) is 9.41. The summed E-state index contributed by atoms with van der Waals surface area (Å²) < 4.78 is 15.3. The van der Waals surface area contributed by atoms with E-state index in [-0.39, 0.29) is 22.6 Å². The highest BCUT2D eigenvalue weighted by Crippen LogP contribution is 2.19. The van der Waals surface area contributed by atoms with Gasteiger partial charge in [0.05, 0.1) is 20.3 Å². The molecular formula is C18H15N3O6. The fraction of sp³-hybridized carbons (Fsp3) is 0.167. The van der Waals surface area contributed by atoms with Crippen LogP contribution in [0.2, 0.25) is 0 Å². The molecule has 9 nitrogen and oxygen atoms in total. The zero-order valence-corrected chi connectivity index (χ0v) is 14.5. The van der Waals surface area contributed by atoms with Crippen molar-refractivity contribution in [3.63, 3.8) is 0 Å². The monoisotopic (exact) mass is 369 g/mol. The van der Waals surface area contributed by atoms with Crippen LogP contribution >= 0.6 is 0 Å². The zero-order chi connectivity index (χ0) is 19.4. The highest BCUT2D eigenvalue weighted by Gasteiger charge is 2.28. The minimum atomic E-state index is -0.897. The Morgan fingerprint density at radius 1 is 1.15 bits per heavy atom. The molecule has 0 aliphatic carbocycles. The Labute approximate surface area is 153 Å². The van der Waals surface area contributed by atoms with Crippen molar-refractivity contribution in [3.05, 3.63) is 64.9 Å². The van der Waals surface area contributed by atoms with E-state index in [0.717, 1.165) is 7.11 Å². The van der Waals surface area contributed by atoms with Crippen LogP contribution in [-0.4, -0.2) is 36.1 Å². The normalized spacial score (nSPS) is 10.4. The van der Waals surface area contributed by atoms with Crippen molar-refractivity contribution in [3.8, 4) is 5.75 Å². The lowest BCUT2D eigenvalue weighted by molar-refractivity contribution is -0.581. The lowest BCUT2D eigenvalue weighted by Crippen LogP contribution is -2.38. The average molecular weight is 369 g/mol. The first-order valence-corrected chi connectivity index (χ1v) is 7.81. The number of esters is 2. The number of ether oxygens (including phenoxy) is 3. The molecule has 9 heteroatoms. The Hall–Kier alpha value is -3.75. The molecule has 0 saturated carbocycles. The van der Waals surface area contributed by atoms with Crippen molar-refractivity contribution in [1.29, 1.82) is 0 Å². The molecule has 3 rings (SSSR count). The molecule has 0 N–H and O–H groups in total. The number of hydrogen-bond acceptors (Lipinski definition) is 8. The highest BCUT2D eigenvalue weighted by atomic mass is 16.5. The summed E-state index contributed by atoms with van der Waals surface area (Å²) in [4.78, 5) is 32.3. The number of pyridine rings is 1. The average Bonchev–Trinajstić information content (AvgIpc) is 2.72. The van der Waals surface area contributed by atoms with Crippen LogP contribution in [0.25, 0.3) is 11.0 Å². The quantitative estimate of drug-likeness (QED) is 0.377. The molecule has 27 heavy (non-hydrogen) atoms. The van der Waals surface area contributed by atoms with Crippen molar-refractivity contribution in [2.24, 2.45) is 0 Å². The Morgan fingerprint density at radius 2 is 1.96 bits per heavy atom. The molecule has 3 aromatic rings. The van der Waals surface area contributed by atoms with E-state index in [1.807, 2.05) is 0 Å². The van der Waals surface area contributed by atoms with Crippen LogP contribution in [0, 0.1) is 5.21 Å². The fourth-order valence-corrected chi connectivity index (χ4v) is 2.41. The van der Waals surface area contributed by atoms with E-state index in [1.165, 1.54) is 25.4 Å². The predicted molar refractivity (Wildman–Crippen MR) is 92.0 cm³/mol. The Bertz CT molecular complexity index is 1010. The summed E-state index contributed by atoms with van der Waals surface area (Å²) >= 11 is 0. The SMILES string of the molecule is COC(=O)c1c(COC(=O)c2ccccn2)nc2ccc(OC)cc2[n+]1[O-]. The highest BCUT2D eigenvalue weighted by molar-refractivity contribution is 5.89. The second-order valence-electron chi connectivity index (χ2n) is 5.34. The summed E-state index contributed by atoms with van der Waals surface area (Å²) in [6.45, 7) is -0.399. The van der Waals surface area contributed by atoms with Crippen molar-refractivity contribution in [1.82, 2.24) is 9.97 Å². The minimum absolute atomic E-state index is 0.0289. The van der Waals surface area contributed by atoms with Gasteiger partial charge in [-0.2, -0.15) is 4.73 Å². The number of rotatable bonds is 5. The summed E-state index contributed by atoms with van der Waals surface area (Å²) in [6.07, 6.45) is 1.45. The molecule has 0 amide bonds. The molecule has 0 atom stereocenters. The molecule has 0 fully saturated rings. The molecular weight excluding hydrogens is 354 g/mol. The van der Waals surface area contributed by atoms with E-state index in [9.17, 15) is 14.8 Å². The van der Waals surface area contributed by atoms with E-state index in [2.05, 4.69) is 14.7 Å². The third-order valence-electron chi connectivity index (χ3n) is 3.73. The lowest BCUT2D eigenvalue weighted by atomic mass is 10.2. The van der Waals surface area contributed by atoms with E-state index >= 15 is 0 Å². The molecule has 0 spiro atoms. The molecule has 0 aliphatic heterocycles. The van der Waals surface area contributed by atoms with Crippen LogP contribution in [0.3, 0.4) is 0 Å². The second kappa shape index (κ2) is 7.65. The van der Waals surface area contributed by atoms with Crippen molar-refractivity contribution < 1.29 is 28.5 Å². The molecule has 138 valence electrons. The maximum absolute atomic E-state index is 12.7. The number of hydrogen-bond donors (Lipinski definition) is 0. The summed E-state index contributed by atoms with van der Waals surface area (Å²) in [5.74, 6) is -1.18. The van der Waals surface area contributed by atoms with Gasteiger partial charge in [-0.3, -0.25) is 0 Å². The van der Waals surface area contributed by atoms with Gasteiger partial charge in [0.25, 0.3) is 0 Å². The number of nitrogens with zero attached hydrogens (tertiary/aromatic N) is 3. The van der Waals surface area contributed by atoms with Crippen LogP contribution in [0.5, 0.6) is 5.75 Å². The Balaban J connectivity index is 2.00. The largest absolute Gasteiger partial charge is 0.618 e. The molecule has 2 heterocycles. The number of benzene rings is 1. The number of carbonyl (C=O) groups is 2. The van der Waals surface area contributed by atoms with Crippen LogP contribution in [0.1, 0.15) is 26.7 Å². The molecule has 0 aliphatic rings. The third kappa shape index (κ3) is 3.61. The van der Waals surface area contributed by atoms with Gasteiger partial charge in [-0.05, 0) is 24.3 Å². The third-order valence-corrected chi connectivity index (χ3v) is 3.73. The first-order chi connectivity index (χ1) is 13.0. The zero-order valence-electron chi connectivity index (χ0n) is 14.5. The fourth-order valence-electron chi connectivity index (χ4n) is 2.41. The van der Waals surface area contributed by atoms with E-state index in [4.69, 9.17) is 9.47 Å². The van der Waals surface area contributed by atoms with Gasteiger partial charge < -0.3 is 19.4 Å². The standard InChI is InChI=1S/C18H15N3O6/c1-25-11-6-7-12-15(9-11)21(24)16(18(23)26-2)14(20-12)10-27-17(22)13-5-3-4-8-19-13/h3-9H,10H2,1-2H3. The van der Waals surface area contributed by atoms with Gasteiger partial charge in [0.1, 0.15) is 23.6 Å². The number of fused-ring (bicyclic) bond motifs is 1. The van der Waals surface area contributed by atoms with Gasteiger partial charge in [-0.25, -0.2) is 19.6 Å². The molecule has 0 bridgehead atoms. The maximum Gasteiger partial charge on any atom is 0.406 e. The smallest absolute Gasteiger partial charge is 0.406 e. The van der Waals surface area contributed by atoms with Crippen LogP contribution in [0.4, 0.5) is 0 Å². The topological polar surface area (TPSA) is 115 Å². The first-order valence-electron chi connectivity index (χ1n) is 7.81. The van der Waals surface area contributed by atoms with Crippen LogP contribution in [-0.2, 0) is 16.1 Å². The first kappa shape index (κ1) is 18.1. The van der Waals surface area contributed by atoms with Crippen LogP contribution in [0.15, 0.2) is 42.6 Å². The lowest BCUT2D eigenvalue weighted by Gasteiger charge is -2.11. The van der Waals surface area contributed by atoms with Crippen molar-refractivity contribution in [2.75, 3.05) is 14.2 Å². The van der Waals surface area contributed by atoms with E-state index in [1.54, 1.807) is 24.3 Å². The van der Waals surface area contributed by atoms with E-state index < -0.39 is 18.5 Å². The number of aromatic nitrogens is 3. The predicted octanol–water partition coefficient (Wildman–Crippen LogP) is 1.42. The summed E-state index contributed by atoms with van der Waals surface area (Å²) in [5, 5.41) is 12.7. The van der Waals surface area contributed by atoms with Crippen molar-refractivity contribution >= 4 is 23.0 Å². The number of methoxy groups -OCH3 is 2. The summed E-state index contributed by atoms with van der Waals surface area (Å²) in [7, 11) is 2.60. The van der Waals surface area contributed by atoms with E-state index in [0.29, 0.717) is 16.0 Å². The van der Waals surface area contributed by atoms with Gasteiger partial charge in [-0.15, -0.1) is 0 Å². The van der Waals surface area contributed by atoms with Crippen LogP contribution < -0.4 is 9.47 Å². The van der Waals surface area contributed by atoms with Crippen molar-refractivity contribution in [2.45, 2.75) is 6.61 Å². The minimum Gasteiger partial charge on any atom is -0.618 e. The van der Waals surface area contributed by atoms with Gasteiger partial charge in [0, 0.05) is 6.20 Å². The Kier molecular flexibility index (Phi) is 5.11. The molecule has 0 radical (unpaired) electrons.